The summed E-state index contributed by atoms with van der Waals surface area (Å²) in [6, 6.07) is 7.08. The largest absolute Gasteiger partial charge is 0.462 e. The number of thiophene rings is 1. The van der Waals surface area contributed by atoms with Gasteiger partial charge in [0.1, 0.15) is 10.6 Å². The summed E-state index contributed by atoms with van der Waals surface area (Å²) in [6.07, 6.45) is 0. The van der Waals surface area contributed by atoms with Gasteiger partial charge in [0, 0.05) is 21.5 Å². The number of anilines is 1. The third kappa shape index (κ3) is 5.30. The zero-order valence-corrected chi connectivity index (χ0v) is 16.8. The summed E-state index contributed by atoms with van der Waals surface area (Å²) in [5.74, 6) is -1.91. The first-order valence-electron chi connectivity index (χ1n) is 8.35. The lowest BCUT2D eigenvalue weighted by Crippen LogP contribution is -2.23. The van der Waals surface area contributed by atoms with E-state index in [1.165, 1.54) is 11.3 Å². The highest BCUT2D eigenvalue weighted by atomic mass is 35.5. The third-order valence-electron chi connectivity index (χ3n) is 3.50. The monoisotopic (exact) mass is 409 g/mol. The molecule has 0 aliphatic heterocycles. The van der Waals surface area contributed by atoms with E-state index in [2.05, 4.69) is 5.32 Å². The predicted molar refractivity (Wildman–Crippen MR) is 105 cm³/mol. The van der Waals surface area contributed by atoms with Crippen molar-refractivity contribution in [3.63, 3.8) is 0 Å². The molecule has 0 aliphatic rings. The lowest BCUT2D eigenvalue weighted by molar-refractivity contribution is -0.150. The molecule has 8 heteroatoms. The van der Waals surface area contributed by atoms with E-state index in [-0.39, 0.29) is 18.1 Å². The second-order valence-electron chi connectivity index (χ2n) is 5.86. The Morgan fingerprint density at radius 2 is 1.85 bits per heavy atom. The van der Waals surface area contributed by atoms with Gasteiger partial charge in [0.05, 0.1) is 12.5 Å². The zero-order chi connectivity index (χ0) is 20.0. The number of amides is 1. The molecular formula is C19H20ClNO5S. The highest BCUT2D eigenvalue weighted by molar-refractivity contribution is 7.15. The first-order valence-corrected chi connectivity index (χ1v) is 9.60. The number of halogens is 1. The fourth-order valence-electron chi connectivity index (χ4n) is 2.20. The topological polar surface area (TPSA) is 81.7 Å². The van der Waals surface area contributed by atoms with E-state index < -0.39 is 24.5 Å². The lowest BCUT2D eigenvalue weighted by Gasteiger charge is -2.10. The van der Waals surface area contributed by atoms with Crippen LogP contribution in [0.3, 0.4) is 0 Å². The highest BCUT2D eigenvalue weighted by Gasteiger charge is 2.24. The minimum atomic E-state index is -0.567. The number of carbonyl (C=O) groups excluding carboxylic acids is 3. The minimum absolute atomic E-state index is 0.191. The van der Waals surface area contributed by atoms with E-state index in [0.717, 1.165) is 0 Å². The normalized spacial score (nSPS) is 10.6. The summed E-state index contributed by atoms with van der Waals surface area (Å²) in [7, 11) is 0. The molecule has 0 saturated carbocycles. The number of esters is 2. The van der Waals surface area contributed by atoms with Crippen LogP contribution in [0, 0.1) is 5.92 Å². The van der Waals surface area contributed by atoms with Crippen LogP contribution in [0.4, 0.5) is 5.00 Å². The molecule has 0 aliphatic carbocycles. The first kappa shape index (κ1) is 20.9. The van der Waals surface area contributed by atoms with Crippen molar-refractivity contribution in [2.24, 2.45) is 5.92 Å². The molecule has 0 saturated heterocycles. The maximum Gasteiger partial charge on any atom is 0.341 e. The summed E-state index contributed by atoms with van der Waals surface area (Å²) in [5.41, 5.74) is 1.45. The Hall–Kier alpha value is -2.38. The Bertz CT molecular complexity index is 846. The fourth-order valence-corrected chi connectivity index (χ4v) is 3.40. The molecular weight excluding hydrogens is 390 g/mol. The van der Waals surface area contributed by atoms with E-state index in [1.54, 1.807) is 50.4 Å². The third-order valence-corrected chi connectivity index (χ3v) is 4.73. The molecule has 2 aromatic rings. The van der Waals surface area contributed by atoms with Gasteiger partial charge in [-0.3, -0.25) is 9.59 Å². The molecule has 144 valence electrons. The molecule has 0 spiro atoms. The van der Waals surface area contributed by atoms with Crippen LogP contribution in [0.15, 0.2) is 29.6 Å². The molecule has 1 N–H and O–H groups in total. The molecule has 0 radical (unpaired) electrons. The molecule has 1 aromatic heterocycles. The number of hydrogen-bond acceptors (Lipinski definition) is 6. The quantitative estimate of drug-likeness (QED) is 0.686. The van der Waals surface area contributed by atoms with Gasteiger partial charge in [0.2, 0.25) is 0 Å². The second-order valence-corrected chi connectivity index (χ2v) is 7.15. The molecule has 1 heterocycles. The van der Waals surface area contributed by atoms with Crippen molar-refractivity contribution in [1.29, 1.82) is 0 Å². The van der Waals surface area contributed by atoms with Crippen LogP contribution >= 0.6 is 22.9 Å². The van der Waals surface area contributed by atoms with Crippen LogP contribution in [-0.4, -0.2) is 31.1 Å². The maximum absolute atomic E-state index is 12.5. The Balaban J connectivity index is 2.29. The predicted octanol–water partition coefficient (Wildman–Crippen LogP) is 4.38. The Labute approximate surface area is 166 Å². The average Bonchev–Trinajstić information content (AvgIpc) is 3.03. The number of benzene rings is 1. The molecule has 1 amide bonds. The van der Waals surface area contributed by atoms with Gasteiger partial charge in [0.15, 0.2) is 6.61 Å². The van der Waals surface area contributed by atoms with Crippen molar-refractivity contribution < 1.29 is 23.9 Å². The Morgan fingerprint density at radius 3 is 2.48 bits per heavy atom. The fraction of sp³-hybridized carbons (Fsp3) is 0.316. The minimum Gasteiger partial charge on any atom is -0.462 e. The molecule has 0 fully saturated rings. The summed E-state index contributed by atoms with van der Waals surface area (Å²) >= 11 is 7.42. The summed E-state index contributed by atoms with van der Waals surface area (Å²) < 4.78 is 10.0. The molecule has 0 unspecified atom stereocenters. The number of hydrogen-bond donors (Lipinski definition) is 1. The van der Waals surface area contributed by atoms with E-state index in [0.29, 0.717) is 21.2 Å². The highest BCUT2D eigenvalue weighted by Crippen LogP contribution is 2.39. The standard InChI is InChI=1S/C19H20ClNO5S/c1-4-25-19(24)16-13(12-7-5-6-8-14(12)20)10-27-17(16)21-15(22)9-26-18(23)11(2)3/h5-8,10-11H,4,9H2,1-3H3,(H,21,22). The van der Waals surface area contributed by atoms with Crippen LogP contribution in [0.2, 0.25) is 5.02 Å². The molecule has 1 aromatic carbocycles. The molecule has 6 nitrogen and oxygen atoms in total. The number of ether oxygens (including phenoxy) is 2. The SMILES string of the molecule is CCOC(=O)c1c(-c2ccccc2Cl)csc1NC(=O)COC(=O)C(C)C. The van der Waals surface area contributed by atoms with Gasteiger partial charge in [0.25, 0.3) is 5.91 Å². The lowest BCUT2D eigenvalue weighted by atomic mass is 10.0. The van der Waals surface area contributed by atoms with Gasteiger partial charge in [-0.25, -0.2) is 4.79 Å². The van der Waals surface area contributed by atoms with Gasteiger partial charge in [-0.2, -0.15) is 0 Å². The van der Waals surface area contributed by atoms with E-state index >= 15 is 0 Å². The van der Waals surface area contributed by atoms with Crippen LogP contribution in [-0.2, 0) is 19.1 Å². The van der Waals surface area contributed by atoms with Gasteiger partial charge in [-0.15, -0.1) is 11.3 Å². The molecule has 27 heavy (non-hydrogen) atoms. The second kappa shape index (κ2) is 9.53. The Morgan fingerprint density at radius 1 is 1.15 bits per heavy atom. The average molecular weight is 410 g/mol. The van der Waals surface area contributed by atoms with Crippen molar-refractivity contribution in [2.45, 2.75) is 20.8 Å². The first-order chi connectivity index (χ1) is 12.8. The Kier molecular flexibility index (Phi) is 7.38. The zero-order valence-electron chi connectivity index (χ0n) is 15.2. The number of nitrogens with one attached hydrogen (secondary N) is 1. The smallest absolute Gasteiger partial charge is 0.341 e. The molecule has 0 atom stereocenters. The van der Waals surface area contributed by atoms with E-state index in [4.69, 9.17) is 21.1 Å². The molecule has 2 rings (SSSR count). The molecule has 0 bridgehead atoms. The van der Waals surface area contributed by atoms with Crippen molar-refractivity contribution >= 4 is 45.8 Å². The summed E-state index contributed by atoms with van der Waals surface area (Å²) in [4.78, 5) is 36.1. The van der Waals surface area contributed by atoms with Crippen molar-refractivity contribution in [3.05, 3.63) is 40.2 Å². The number of carbonyl (C=O) groups is 3. The van der Waals surface area contributed by atoms with Crippen molar-refractivity contribution in [2.75, 3.05) is 18.5 Å². The van der Waals surface area contributed by atoms with Gasteiger partial charge in [-0.1, -0.05) is 43.6 Å². The van der Waals surface area contributed by atoms with Crippen molar-refractivity contribution in [3.8, 4) is 11.1 Å². The number of rotatable bonds is 7. The van der Waals surface area contributed by atoms with Crippen LogP contribution in [0.1, 0.15) is 31.1 Å². The van der Waals surface area contributed by atoms with E-state index in [9.17, 15) is 14.4 Å². The van der Waals surface area contributed by atoms with Gasteiger partial charge in [-0.05, 0) is 13.0 Å². The summed E-state index contributed by atoms with van der Waals surface area (Å²) in [5, 5.41) is 5.13. The van der Waals surface area contributed by atoms with Gasteiger partial charge >= 0.3 is 11.9 Å². The van der Waals surface area contributed by atoms with Crippen molar-refractivity contribution in [1.82, 2.24) is 0 Å². The van der Waals surface area contributed by atoms with Gasteiger partial charge < -0.3 is 14.8 Å². The maximum atomic E-state index is 12.5. The summed E-state index contributed by atoms with van der Waals surface area (Å²) in [6.45, 7) is 4.81. The van der Waals surface area contributed by atoms with Crippen LogP contribution < -0.4 is 5.32 Å². The van der Waals surface area contributed by atoms with Crippen LogP contribution in [0.5, 0.6) is 0 Å². The van der Waals surface area contributed by atoms with E-state index in [1.807, 2.05) is 0 Å². The van der Waals surface area contributed by atoms with Crippen LogP contribution in [0.25, 0.3) is 11.1 Å².